The molecule has 3 nitrogen and oxygen atoms in total. The van der Waals surface area contributed by atoms with E-state index < -0.39 is 0 Å². The van der Waals surface area contributed by atoms with E-state index in [-0.39, 0.29) is 0 Å². The zero-order chi connectivity index (χ0) is 16.1. The van der Waals surface area contributed by atoms with Crippen molar-refractivity contribution in [2.24, 2.45) is 5.92 Å². The van der Waals surface area contributed by atoms with Crippen LogP contribution >= 0.6 is 0 Å². The fourth-order valence-electron chi connectivity index (χ4n) is 4.91. The normalized spacial score (nSPS) is 33.0. The standard InChI is InChI=1S/C19H37N3/c1-18(2,3)21-9-7-15(8-10-21)12-20-13-17-11-16(20)14-22(17)19(4,5)6/h15-17H,7-14H2,1-6H3/t16-,17-/m1/s1. The quantitative estimate of drug-likeness (QED) is 0.776. The third-order valence-corrected chi connectivity index (χ3v) is 6.27. The highest BCUT2D eigenvalue weighted by Gasteiger charge is 2.47. The predicted molar refractivity (Wildman–Crippen MR) is 94.3 cm³/mol. The lowest BCUT2D eigenvalue weighted by atomic mass is 9.92. The summed E-state index contributed by atoms with van der Waals surface area (Å²) in [5, 5.41) is 0. The highest BCUT2D eigenvalue weighted by atomic mass is 15.4. The number of hydrogen-bond acceptors (Lipinski definition) is 3. The Hall–Kier alpha value is -0.120. The lowest BCUT2D eigenvalue weighted by Gasteiger charge is -2.44. The van der Waals surface area contributed by atoms with Gasteiger partial charge >= 0.3 is 0 Å². The van der Waals surface area contributed by atoms with Crippen molar-refractivity contribution in [1.29, 1.82) is 0 Å². The summed E-state index contributed by atoms with van der Waals surface area (Å²) in [7, 11) is 0. The highest BCUT2D eigenvalue weighted by Crippen LogP contribution is 2.36. The van der Waals surface area contributed by atoms with Crippen LogP contribution in [0.3, 0.4) is 0 Å². The summed E-state index contributed by atoms with van der Waals surface area (Å²) in [6, 6.07) is 1.66. The summed E-state index contributed by atoms with van der Waals surface area (Å²) < 4.78 is 0. The summed E-state index contributed by atoms with van der Waals surface area (Å²) in [4.78, 5) is 8.24. The molecule has 3 saturated heterocycles. The van der Waals surface area contributed by atoms with Crippen LogP contribution in [0, 0.1) is 5.92 Å². The Morgan fingerprint density at radius 2 is 1.45 bits per heavy atom. The van der Waals surface area contributed by atoms with Crippen molar-refractivity contribution in [2.45, 2.75) is 84.0 Å². The highest BCUT2D eigenvalue weighted by molar-refractivity contribution is 5.03. The van der Waals surface area contributed by atoms with Gasteiger partial charge in [0, 0.05) is 42.8 Å². The van der Waals surface area contributed by atoms with Crippen LogP contribution in [-0.2, 0) is 0 Å². The van der Waals surface area contributed by atoms with Gasteiger partial charge < -0.3 is 0 Å². The molecule has 2 bridgehead atoms. The molecule has 0 aliphatic carbocycles. The number of piperidine rings is 1. The molecule has 2 atom stereocenters. The molecule has 0 aromatic heterocycles. The van der Waals surface area contributed by atoms with E-state index in [1.807, 2.05) is 0 Å². The van der Waals surface area contributed by atoms with Gasteiger partial charge in [-0.25, -0.2) is 0 Å². The molecule has 0 aromatic rings. The molecule has 3 fully saturated rings. The molecule has 3 aliphatic heterocycles. The van der Waals surface area contributed by atoms with Gasteiger partial charge in [0.2, 0.25) is 0 Å². The first-order valence-corrected chi connectivity index (χ1v) is 9.40. The van der Waals surface area contributed by atoms with Gasteiger partial charge in [-0.2, -0.15) is 0 Å². The second kappa shape index (κ2) is 5.75. The Morgan fingerprint density at radius 1 is 0.818 bits per heavy atom. The Balaban J connectivity index is 1.47. The Kier molecular flexibility index (Phi) is 4.37. The van der Waals surface area contributed by atoms with Gasteiger partial charge in [0.1, 0.15) is 0 Å². The summed E-state index contributed by atoms with van der Waals surface area (Å²) >= 11 is 0. The zero-order valence-electron chi connectivity index (χ0n) is 15.7. The number of rotatable bonds is 2. The number of fused-ring (bicyclic) bond motifs is 2. The molecule has 0 N–H and O–H groups in total. The summed E-state index contributed by atoms with van der Waals surface area (Å²) in [5.41, 5.74) is 0.703. The SMILES string of the molecule is CC(C)(C)N1CCC(CN2C[C@H]3C[C@@H]2CN3C(C)(C)C)CC1. The largest absolute Gasteiger partial charge is 0.298 e. The van der Waals surface area contributed by atoms with Crippen LogP contribution in [0.25, 0.3) is 0 Å². The van der Waals surface area contributed by atoms with Crippen molar-refractivity contribution in [1.82, 2.24) is 14.7 Å². The molecular formula is C19H37N3. The number of hydrogen-bond donors (Lipinski definition) is 0. The third kappa shape index (κ3) is 3.37. The minimum absolute atomic E-state index is 0.351. The molecule has 3 heterocycles. The lowest BCUT2D eigenvalue weighted by molar-refractivity contribution is 0.0354. The molecular weight excluding hydrogens is 270 g/mol. The van der Waals surface area contributed by atoms with Crippen LogP contribution in [0.4, 0.5) is 0 Å². The van der Waals surface area contributed by atoms with Gasteiger partial charge in [0.05, 0.1) is 0 Å². The number of piperazine rings is 1. The smallest absolute Gasteiger partial charge is 0.0244 e. The van der Waals surface area contributed by atoms with E-state index in [0.717, 1.165) is 18.0 Å². The van der Waals surface area contributed by atoms with E-state index in [2.05, 4.69) is 56.2 Å². The van der Waals surface area contributed by atoms with Crippen LogP contribution < -0.4 is 0 Å². The average Bonchev–Trinajstić information content (AvgIpc) is 2.97. The maximum Gasteiger partial charge on any atom is 0.0244 e. The summed E-state index contributed by atoms with van der Waals surface area (Å²) in [5.74, 6) is 0.932. The Bertz CT molecular complexity index is 384. The van der Waals surface area contributed by atoms with Gasteiger partial charge in [0.15, 0.2) is 0 Å². The molecule has 3 heteroatoms. The van der Waals surface area contributed by atoms with E-state index in [4.69, 9.17) is 0 Å². The second-order valence-electron chi connectivity index (χ2n) is 9.92. The molecule has 3 aliphatic rings. The van der Waals surface area contributed by atoms with Gasteiger partial charge in [-0.05, 0) is 79.8 Å². The van der Waals surface area contributed by atoms with E-state index in [1.54, 1.807) is 0 Å². The van der Waals surface area contributed by atoms with Crippen molar-refractivity contribution in [3.05, 3.63) is 0 Å². The monoisotopic (exact) mass is 307 g/mol. The second-order valence-corrected chi connectivity index (χ2v) is 9.92. The molecule has 22 heavy (non-hydrogen) atoms. The van der Waals surface area contributed by atoms with Crippen molar-refractivity contribution in [3.8, 4) is 0 Å². The molecule has 0 aromatic carbocycles. The van der Waals surface area contributed by atoms with Crippen LogP contribution in [0.1, 0.15) is 60.8 Å². The minimum atomic E-state index is 0.351. The van der Waals surface area contributed by atoms with Crippen molar-refractivity contribution < 1.29 is 0 Å². The van der Waals surface area contributed by atoms with E-state index in [9.17, 15) is 0 Å². The lowest BCUT2D eigenvalue weighted by Crippen LogP contribution is -2.54. The Morgan fingerprint density at radius 3 is 1.91 bits per heavy atom. The summed E-state index contributed by atoms with van der Waals surface area (Å²) in [6.45, 7) is 20.8. The maximum absolute atomic E-state index is 2.82. The average molecular weight is 308 g/mol. The molecule has 128 valence electrons. The fraction of sp³-hybridized carbons (Fsp3) is 1.00. The topological polar surface area (TPSA) is 9.72 Å². The Labute approximate surface area is 138 Å². The first kappa shape index (κ1) is 16.7. The maximum atomic E-state index is 2.82. The number of likely N-dealkylation sites (tertiary alicyclic amines) is 3. The zero-order valence-corrected chi connectivity index (χ0v) is 15.7. The molecule has 0 spiro atoms. The van der Waals surface area contributed by atoms with Gasteiger partial charge in [-0.1, -0.05) is 0 Å². The minimum Gasteiger partial charge on any atom is -0.298 e. The van der Waals surface area contributed by atoms with Crippen LogP contribution in [0.5, 0.6) is 0 Å². The van der Waals surface area contributed by atoms with Crippen LogP contribution in [0.15, 0.2) is 0 Å². The van der Waals surface area contributed by atoms with Crippen molar-refractivity contribution in [2.75, 3.05) is 32.7 Å². The van der Waals surface area contributed by atoms with E-state index in [0.29, 0.717) is 11.1 Å². The molecule has 3 rings (SSSR count). The van der Waals surface area contributed by atoms with E-state index >= 15 is 0 Å². The third-order valence-electron chi connectivity index (χ3n) is 6.27. The first-order valence-electron chi connectivity index (χ1n) is 9.40. The first-order chi connectivity index (χ1) is 10.1. The summed E-state index contributed by atoms with van der Waals surface area (Å²) in [6.07, 6.45) is 4.21. The van der Waals surface area contributed by atoms with Crippen molar-refractivity contribution >= 4 is 0 Å². The van der Waals surface area contributed by atoms with Gasteiger partial charge in [-0.15, -0.1) is 0 Å². The van der Waals surface area contributed by atoms with Gasteiger partial charge in [-0.3, -0.25) is 14.7 Å². The molecule has 0 radical (unpaired) electrons. The number of nitrogens with zero attached hydrogens (tertiary/aromatic N) is 3. The van der Waals surface area contributed by atoms with Crippen LogP contribution in [0.2, 0.25) is 0 Å². The van der Waals surface area contributed by atoms with Crippen LogP contribution in [-0.4, -0.2) is 70.6 Å². The van der Waals surface area contributed by atoms with Crippen molar-refractivity contribution in [3.63, 3.8) is 0 Å². The molecule has 0 unspecified atom stereocenters. The predicted octanol–water partition coefficient (Wildman–Crippen LogP) is 3.05. The van der Waals surface area contributed by atoms with E-state index in [1.165, 1.54) is 52.0 Å². The molecule has 0 saturated carbocycles. The fourth-order valence-corrected chi connectivity index (χ4v) is 4.91. The molecule has 0 amide bonds. The van der Waals surface area contributed by atoms with Gasteiger partial charge in [0.25, 0.3) is 0 Å².